The van der Waals surface area contributed by atoms with Crippen LogP contribution in [0.25, 0.3) is 17.0 Å². The Bertz CT molecular complexity index is 630. The molecule has 0 saturated carbocycles. The number of aryl methyl sites for hydroxylation is 1. The summed E-state index contributed by atoms with van der Waals surface area (Å²) in [5.74, 6) is 0.412. The largest absolute Gasteiger partial charge is 0.327 e. The Labute approximate surface area is 119 Å². The zero-order valence-electron chi connectivity index (χ0n) is 11.6. The van der Waals surface area contributed by atoms with Gasteiger partial charge in [-0.3, -0.25) is 0 Å². The van der Waals surface area contributed by atoms with Gasteiger partial charge in [-0.1, -0.05) is 49.2 Å². The van der Waals surface area contributed by atoms with Gasteiger partial charge in [-0.05, 0) is 30.5 Å². The van der Waals surface area contributed by atoms with Crippen molar-refractivity contribution >= 4 is 28.6 Å². The standard InChI is InChI=1S/C16H19ClN2/c1-10(2)14(9-18)8-13-7-12-5-4-11(3)6-15(12)19-16(13)17/h4-8,10H,9,18H2,1-3H3. The van der Waals surface area contributed by atoms with E-state index in [1.807, 2.05) is 13.0 Å². The van der Waals surface area contributed by atoms with Crippen molar-refractivity contribution in [3.63, 3.8) is 0 Å². The number of hydrogen-bond acceptors (Lipinski definition) is 2. The highest BCUT2D eigenvalue weighted by atomic mass is 35.5. The zero-order valence-corrected chi connectivity index (χ0v) is 12.3. The SMILES string of the molecule is Cc1ccc2cc(C=C(CN)C(C)C)c(Cl)nc2c1. The number of rotatable bonds is 3. The van der Waals surface area contributed by atoms with Crippen LogP contribution in [0.4, 0.5) is 0 Å². The van der Waals surface area contributed by atoms with E-state index in [0.717, 1.165) is 16.5 Å². The summed E-state index contributed by atoms with van der Waals surface area (Å²) in [6.45, 7) is 6.85. The van der Waals surface area contributed by atoms with Gasteiger partial charge in [0.05, 0.1) is 5.52 Å². The molecule has 0 amide bonds. The summed E-state index contributed by atoms with van der Waals surface area (Å²) in [6.07, 6.45) is 2.05. The molecule has 1 heterocycles. The molecular weight excluding hydrogens is 256 g/mol. The minimum Gasteiger partial charge on any atom is -0.327 e. The molecule has 0 spiro atoms. The molecule has 0 aliphatic heterocycles. The molecule has 19 heavy (non-hydrogen) atoms. The smallest absolute Gasteiger partial charge is 0.136 e. The van der Waals surface area contributed by atoms with E-state index in [4.69, 9.17) is 17.3 Å². The van der Waals surface area contributed by atoms with Crippen molar-refractivity contribution in [1.82, 2.24) is 4.98 Å². The Morgan fingerprint density at radius 1 is 1.37 bits per heavy atom. The van der Waals surface area contributed by atoms with Gasteiger partial charge < -0.3 is 5.73 Å². The van der Waals surface area contributed by atoms with Crippen molar-refractivity contribution in [2.24, 2.45) is 11.7 Å². The number of nitrogens with zero attached hydrogens (tertiary/aromatic N) is 1. The van der Waals surface area contributed by atoms with E-state index in [-0.39, 0.29) is 0 Å². The maximum absolute atomic E-state index is 6.26. The molecule has 3 heteroatoms. The van der Waals surface area contributed by atoms with Crippen LogP contribution in [-0.4, -0.2) is 11.5 Å². The molecule has 2 N–H and O–H groups in total. The Balaban J connectivity index is 2.55. The molecule has 100 valence electrons. The summed E-state index contributed by atoms with van der Waals surface area (Å²) in [5.41, 5.74) is 10.0. The molecule has 0 saturated heterocycles. The third kappa shape index (κ3) is 3.14. The van der Waals surface area contributed by atoms with Crippen LogP contribution in [0, 0.1) is 12.8 Å². The van der Waals surface area contributed by atoms with Crippen molar-refractivity contribution in [2.75, 3.05) is 6.54 Å². The minimum absolute atomic E-state index is 0.412. The molecule has 0 unspecified atom stereocenters. The number of hydrogen-bond donors (Lipinski definition) is 1. The second kappa shape index (κ2) is 5.72. The van der Waals surface area contributed by atoms with Crippen molar-refractivity contribution in [2.45, 2.75) is 20.8 Å². The van der Waals surface area contributed by atoms with Crippen molar-refractivity contribution in [1.29, 1.82) is 0 Å². The van der Waals surface area contributed by atoms with E-state index in [9.17, 15) is 0 Å². The maximum atomic E-state index is 6.26. The minimum atomic E-state index is 0.412. The van der Waals surface area contributed by atoms with Crippen LogP contribution in [0.1, 0.15) is 25.0 Å². The van der Waals surface area contributed by atoms with Gasteiger partial charge in [-0.2, -0.15) is 0 Å². The first-order valence-electron chi connectivity index (χ1n) is 6.48. The molecule has 1 aromatic heterocycles. The van der Waals surface area contributed by atoms with Gasteiger partial charge >= 0.3 is 0 Å². The zero-order chi connectivity index (χ0) is 14.0. The number of fused-ring (bicyclic) bond motifs is 1. The third-order valence-electron chi connectivity index (χ3n) is 3.27. The second-order valence-corrected chi connectivity index (χ2v) is 5.50. The van der Waals surface area contributed by atoms with E-state index in [0.29, 0.717) is 17.6 Å². The van der Waals surface area contributed by atoms with Gasteiger partial charge in [0.2, 0.25) is 0 Å². The van der Waals surface area contributed by atoms with Gasteiger partial charge in [0.1, 0.15) is 5.15 Å². The van der Waals surface area contributed by atoms with Gasteiger partial charge in [-0.15, -0.1) is 0 Å². The lowest BCUT2D eigenvalue weighted by Crippen LogP contribution is -2.08. The number of pyridine rings is 1. The van der Waals surface area contributed by atoms with E-state index in [1.165, 1.54) is 11.1 Å². The molecule has 0 bridgehead atoms. The number of halogens is 1. The summed E-state index contributed by atoms with van der Waals surface area (Å²) in [7, 11) is 0. The van der Waals surface area contributed by atoms with Crippen LogP contribution in [-0.2, 0) is 0 Å². The van der Waals surface area contributed by atoms with Crippen LogP contribution < -0.4 is 5.73 Å². The van der Waals surface area contributed by atoms with Crippen LogP contribution >= 0.6 is 11.6 Å². The summed E-state index contributed by atoms with van der Waals surface area (Å²) >= 11 is 6.26. The number of nitrogens with two attached hydrogens (primary N) is 1. The van der Waals surface area contributed by atoms with Crippen molar-refractivity contribution in [3.05, 3.63) is 46.1 Å². The summed E-state index contributed by atoms with van der Waals surface area (Å²) in [6, 6.07) is 8.27. The molecule has 2 aromatic rings. The maximum Gasteiger partial charge on any atom is 0.136 e. The molecule has 0 aliphatic carbocycles. The summed E-state index contributed by atoms with van der Waals surface area (Å²) in [4.78, 5) is 4.46. The fourth-order valence-corrected chi connectivity index (χ4v) is 2.23. The molecule has 0 atom stereocenters. The Hall–Kier alpha value is -1.38. The lowest BCUT2D eigenvalue weighted by atomic mass is 10.0. The Kier molecular flexibility index (Phi) is 4.23. The predicted molar refractivity (Wildman–Crippen MR) is 83.4 cm³/mol. The highest BCUT2D eigenvalue weighted by molar-refractivity contribution is 6.31. The molecule has 2 nitrogen and oxygen atoms in total. The quantitative estimate of drug-likeness (QED) is 0.852. The molecule has 0 aliphatic rings. The first-order chi connectivity index (χ1) is 9.01. The van der Waals surface area contributed by atoms with Crippen molar-refractivity contribution in [3.8, 4) is 0 Å². The predicted octanol–water partition coefficient (Wildman–Crippen LogP) is 4.19. The van der Waals surface area contributed by atoms with Gasteiger partial charge in [0, 0.05) is 17.5 Å². The molecule has 0 fully saturated rings. The van der Waals surface area contributed by atoms with Crippen molar-refractivity contribution < 1.29 is 0 Å². The van der Waals surface area contributed by atoms with Gasteiger partial charge in [0.25, 0.3) is 0 Å². The Morgan fingerprint density at radius 2 is 2.11 bits per heavy atom. The first-order valence-corrected chi connectivity index (χ1v) is 6.86. The molecule has 0 radical (unpaired) electrons. The lowest BCUT2D eigenvalue weighted by Gasteiger charge is -2.10. The van der Waals surface area contributed by atoms with E-state index < -0.39 is 0 Å². The summed E-state index contributed by atoms with van der Waals surface area (Å²) < 4.78 is 0. The third-order valence-corrected chi connectivity index (χ3v) is 3.57. The fourth-order valence-electron chi connectivity index (χ4n) is 2.03. The van der Waals surface area contributed by atoms with Crippen LogP contribution in [0.5, 0.6) is 0 Å². The second-order valence-electron chi connectivity index (χ2n) is 5.14. The highest BCUT2D eigenvalue weighted by Crippen LogP contribution is 2.24. The lowest BCUT2D eigenvalue weighted by molar-refractivity contribution is 0.752. The van der Waals surface area contributed by atoms with Crippen LogP contribution in [0.2, 0.25) is 5.15 Å². The number of benzene rings is 1. The molecule has 2 rings (SSSR count). The monoisotopic (exact) mass is 274 g/mol. The summed E-state index contributed by atoms with van der Waals surface area (Å²) in [5, 5.41) is 1.63. The molecular formula is C16H19ClN2. The normalized spacial score (nSPS) is 12.4. The average Bonchev–Trinajstić information content (AvgIpc) is 2.35. The van der Waals surface area contributed by atoms with E-state index in [1.54, 1.807) is 0 Å². The van der Waals surface area contributed by atoms with Crippen LogP contribution in [0.3, 0.4) is 0 Å². The fraction of sp³-hybridized carbons (Fsp3) is 0.312. The highest BCUT2D eigenvalue weighted by Gasteiger charge is 2.06. The number of aromatic nitrogens is 1. The topological polar surface area (TPSA) is 38.9 Å². The van der Waals surface area contributed by atoms with E-state index in [2.05, 4.69) is 43.1 Å². The van der Waals surface area contributed by atoms with Gasteiger partial charge in [0.15, 0.2) is 0 Å². The van der Waals surface area contributed by atoms with Crippen LogP contribution in [0.15, 0.2) is 29.8 Å². The van der Waals surface area contributed by atoms with Gasteiger partial charge in [-0.25, -0.2) is 4.98 Å². The first kappa shape index (κ1) is 14.0. The Morgan fingerprint density at radius 3 is 2.74 bits per heavy atom. The van der Waals surface area contributed by atoms with E-state index >= 15 is 0 Å². The molecule has 1 aromatic carbocycles. The average molecular weight is 275 g/mol.